The van der Waals surface area contributed by atoms with Gasteiger partial charge < -0.3 is 14.6 Å². The van der Waals surface area contributed by atoms with Gasteiger partial charge in [0.05, 0.1) is 21.6 Å². The van der Waals surface area contributed by atoms with Crippen LogP contribution in [0, 0.1) is 11.7 Å². The fourth-order valence-electron chi connectivity index (χ4n) is 3.92. The highest BCUT2D eigenvalue weighted by Gasteiger charge is 2.32. The fraction of sp³-hybridized carbons (Fsp3) is 0.474. The molecule has 1 saturated carbocycles. The lowest BCUT2D eigenvalue weighted by molar-refractivity contribution is 0.0695. The largest absolute Gasteiger partial charge is 0.477 e. The van der Waals surface area contributed by atoms with Gasteiger partial charge in [-0.1, -0.05) is 11.6 Å². The maximum absolute atomic E-state index is 15.0. The van der Waals surface area contributed by atoms with Crippen molar-refractivity contribution < 1.29 is 14.3 Å². The Morgan fingerprint density at radius 2 is 2.15 bits per heavy atom. The number of aromatic carboxylic acids is 1. The Morgan fingerprint density at radius 3 is 2.78 bits per heavy atom. The number of aromatic nitrogens is 1. The van der Waals surface area contributed by atoms with Gasteiger partial charge in [0.1, 0.15) is 11.4 Å². The minimum Gasteiger partial charge on any atom is -0.477 e. The van der Waals surface area contributed by atoms with E-state index in [-0.39, 0.29) is 22.0 Å². The molecular weight excluding hydrogens is 391 g/mol. The molecule has 2 heterocycles. The molecule has 1 aliphatic carbocycles. The van der Waals surface area contributed by atoms with Crippen LogP contribution in [-0.2, 0) is 0 Å². The van der Waals surface area contributed by atoms with Crippen LogP contribution in [0.4, 0.5) is 10.1 Å². The van der Waals surface area contributed by atoms with Crippen molar-refractivity contribution in [1.29, 1.82) is 0 Å². The molecule has 1 atom stereocenters. The third-order valence-corrected chi connectivity index (χ3v) is 6.52. The number of benzene rings is 1. The first-order valence-corrected chi connectivity index (χ1v) is 10.7. The van der Waals surface area contributed by atoms with Crippen LogP contribution in [0.3, 0.4) is 0 Å². The van der Waals surface area contributed by atoms with Gasteiger partial charge in [-0.05, 0) is 43.3 Å². The molecule has 1 aromatic heterocycles. The predicted octanol–water partition coefficient (Wildman–Crippen LogP) is 4.02. The van der Waals surface area contributed by atoms with E-state index < -0.39 is 17.2 Å². The zero-order valence-corrected chi connectivity index (χ0v) is 16.4. The minimum atomic E-state index is -1.31. The summed E-state index contributed by atoms with van der Waals surface area (Å²) >= 11 is 8.41. The predicted molar refractivity (Wildman–Crippen MR) is 107 cm³/mol. The standard InChI is InChI=1S/C19H20ClFN2O3S/c1-27-9-10-4-5-22(7-10)17-14(21)6-12-16(15(17)20)23(11-2-3-11)8-13(18(12)24)19(25)26/h6,8,10-11H,2-5,7,9H2,1H3,(H,25,26). The number of anilines is 1. The van der Waals surface area contributed by atoms with E-state index in [0.29, 0.717) is 23.7 Å². The average molecular weight is 411 g/mol. The molecule has 8 heteroatoms. The molecular formula is C19H20ClFN2O3S. The second-order valence-electron chi connectivity index (χ2n) is 7.29. The van der Waals surface area contributed by atoms with Crippen molar-refractivity contribution in [3.63, 3.8) is 0 Å². The number of thioether (sulfide) groups is 1. The van der Waals surface area contributed by atoms with Gasteiger partial charge in [0.15, 0.2) is 0 Å². The molecule has 1 aliphatic heterocycles. The molecule has 2 fully saturated rings. The average Bonchev–Trinajstić information content (AvgIpc) is 3.36. The van der Waals surface area contributed by atoms with Crippen LogP contribution in [-0.4, -0.2) is 40.7 Å². The number of nitrogens with zero attached hydrogens (tertiary/aromatic N) is 2. The van der Waals surface area contributed by atoms with E-state index in [0.717, 1.165) is 37.6 Å². The minimum absolute atomic E-state index is 0.0351. The lowest BCUT2D eigenvalue weighted by Crippen LogP contribution is -2.24. The zero-order valence-electron chi connectivity index (χ0n) is 14.9. The molecule has 2 aliphatic rings. The Morgan fingerprint density at radius 1 is 1.41 bits per heavy atom. The quantitative estimate of drug-likeness (QED) is 0.806. The normalized spacial score (nSPS) is 19.8. The summed E-state index contributed by atoms with van der Waals surface area (Å²) in [6, 6.07) is 1.26. The Labute approximate surface area is 165 Å². The Balaban J connectivity index is 1.91. The molecule has 1 saturated heterocycles. The summed E-state index contributed by atoms with van der Waals surface area (Å²) in [5.74, 6) is -0.389. The Kier molecular flexibility index (Phi) is 4.84. The topological polar surface area (TPSA) is 62.5 Å². The lowest BCUT2D eigenvalue weighted by Gasteiger charge is -2.23. The summed E-state index contributed by atoms with van der Waals surface area (Å²) in [4.78, 5) is 26.0. The molecule has 2 aromatic rings. The number of carboxylic acid groups (broad SMARTS) is 1. The first-order valence-electron chi connectivity index (χ1n) is 8.96. The van der Waals surface area contributed by atoms with Gasteiger partial charge in [-0.15, -0.1) is 0 Å². The molecule has 1 unspecified atom stereocenters. The summed E-state index contributed by atoms with van der Waals surface area (Å²) in [7, 11) is 0. The van der Waals surface area contributed by atoms with Crippen molar-refractivity contribution in [2.45, 2.75) is 25.3 Å². The van der Waals surface area contributed by atoms with Gasteiger partial charge in [-0.2, -0.15) is 11.8 Å². The van der Waals surface area contributed by atoms with E-state index in [1.165, 1.54) is 6.20 Å². The molecule has 0 bridgehead atoms. The molecule has 1 N–H and O–H groups in total. The van der Waals surface area contributed by atoms with Crippen LogP contribution < -0.4 is 10.3 Å². The summed E-state index contributed by atoms with van der Waals surface area (Å²) in [5, 5.41) is 9.59. The molecule has 0 radical (unpaired) electrons. The molecule has 1 aromatic carbocycles. The van der Waals surface area contributed by atoms with E-state index in [1.807, 2.05) is 4.90 Å². The number of fused-ring (bicyclic) bond motifs is 1. The molecule has 27 heavy (non-hydrogen) atoms. The zero-order chi connectivity index (χ0) is 19.3. The first-order chi connectivity index (χ1) is 12.9. The molecule has 0 amide bonds. The smallest absolute Gasteiger partial charge is 0.341 e. The first kappa shape index (κ1) is 18.6. The molecule has 144 valence electrons. The highest BCUT2D eigenvalue weighted by molar-refractivity contribution is 7.98. The van der Waals surface area contributed by atoms with E-state index in [9.17, 15) is 19.1 Å². The highest BCUT2D eigenvalue weighted by Crippen LogP contribution is 2.43. The molecule has 0 spiro atoms. The van der Waals surface area contributed by atoms with Crippen LogP contribution in [0.15, 0.2) is 17.1 Å². The molecule has 4 rings (SSSR count). The van der Waals surface area contributed by atoms with Crippen LogP contribution in [0.5, 0.6) is 0 Å². The van der Waals surface area contributed by atoms with Crippen LogP contribution in [0.25, 0.3) is 10.9 Å². The van der Waals surface area contributed by atoms with Crippen molar-refractivity contribution in [2.24, 2.45) is 5.92 Å². The maximum atomic E-state index is 15.0. The maximum Gasteiger partial charge on any atom is 0.341 e. The second kappa shape index (κ2) is 7.02. The third kappa shape index (κ3) is 3.21. The van der Waals surface area contributed by atoms with E-state index in [4.69, 9.17) is 11.6 Å². The number of hydrogen-bond donors (Lipinski definition) is 1. The summed E-state index contributed by atoms with van der Waals surface area (Å²) < 4.78 is 16.7. The summed E-state index contributed by atoms with van der Waals surface area (Å²) in [6.07, 6.45) is 6.17. The van der Waals surface area contributed by atoms with E-state index in [2.05, 4.69) is 6.26 Å². The number of pyridine rings is 1. The summed E-state index contributed by atoms with van der Waals surface area (Å²) in [5.41, 5.74) is -0.272. The number of rotatable bonds is 5. The van der Waals surface area contributed by atoms with Crippen molar-refractivity contribution in [2.75, 3.05) is 30.0 Å². The van der Waals surface area contributed by atoms with Crippen LogP contribution in [0.1, 0.15) is 35.7 Å². The van der Waals surface area contributed by atoms with E-state index >= 15 is 0 Å². The SMILES string of the molecule is CSCC1CCN(c2c(F)cc3c(=O)c(C(=O)O)cn(C4CC4)c3c2Cl)C1. The van der Waals surface area contributed by atoms with Gasteiger partial charge in [-0.3, -0.25) is 4.79 Å². The highest BCUT2D eigenvalue weighted by atomic mass is 35.5. The van der Waals surface area contributed by atoms with Crippen molar-refractivity contribution in [3.8, 4) is 0 Å². The number of carboxylic acids is 1. The third-order valence-electron chi connectivity index (χ3n) is 5.36. The van der Waals surface area contributed by atoms with Crippen LogP contribution >= 0.6 is 23.4 Å². The van der Waals surface area contributed by atoms with Gasteiger partial charge >= 0.3 is 5.97 Å². The van der Waals surface area contributed by atoms with Crippen LogP contribution in [0.2, 0.25) is 5.02 Å². The summed E-state index contributed by atoms with van der Waals surface area (Å²) in [6.45, 7) is 1.44. The lowest BCUT2D eigenvalue weighted by atomic mass is 10.1. The number of carbonyl (C=O) groups is 1. The Bertz CT molecular complexity index is 989. The second-order valence-corrected chi connectivity index (χ2v) is 8.58. The number of hydrogen-bond acceptors (Lipinski definition) is 4. The fourth-order valence-corrected chi connectivity index (χ4v) is 5.07. The number of halogens is 2. The monoisotopic (exact) mass is 410 g/mol. The van der Waals surface area contributed by atoms with Crippen molar-refractivity contribution in [3.05, 3.63) is 38.9 Å². The van der Waals surface area contributed by atoms with Crippen molar-refractivity contribution in [1.82, 2.24) is 4.57 Å². The van der Waals surface area contributed by atoms with E-state index in [1.54, 1.807) is 16.3 Å². The van der Waals surface area contributed by atoms with Gasteiger partial charge in [0.2, 0.25) is 5.43 Å². The van der Waals surface area contributed by atoms with Crippen molar-refractivity contribution >= 4 is 45.9 Å². The molecule has 5 nitrogen and oxygen atoms in total. The van der Waals surface area contributed by atoms with Gasteiger partial charge in [0, 0.05) is 25.3 Å². The van der Waals surface area contributed by atoms with Gasteiger partial charge in [0.25, 0.3) is 0 Å². The Hall–Kier alpha value is -1.73. The van der Waals surface area contributed by atoms with Gasteiger partial charge in [-0.25, -0.2) is 9.18 Å².